The summed E-state index contributed by atoms with van der Waals surface area (Å²) in [6.45, 7) is 5.89. The zero-order valence-corrected chi connectivity index (χ0v) is 13.2. The van der Waals surface area contributed by atoms with E-state index in [1.807, 2.05) is 20.8 Å². The van der Waals surface area contributed by atoms with Gasteiger partial charge in [-0.05, 0) is 32.0 Å². The van der Waals surface area contributed by atoms with Crippen LogP contribution in [0.4, 0.5) is 0 Å². The Morgan fingerprint density at radius 1 is 1.50 bits per heavy atom. The Hall–Kier alpha value is -0.740. The summed E-state index contributed by atoms with van der Waals surface area (Å²) in [7, 11) is 1.51. The second-order valence-corrected chi connectivity index (χ2v) is 6.45. The first-order valence-electron chi connectivity index (χ1n) is 5.58. The number of benzene rings is 1. The van der Waals surface area contributed by atoms with Crippen LogP contribution in [-0.4, -0.2) is 23.4 Å². The molecule has 0 aliphatic heterocycles. The summed E-state index contributed by atoms with van der Waals surface area (Å²) in [5.74, 6) is 0.290. The van der Waals surface area contributed by atoms with Crippen molar-refractivity contribution in [2.75, 3.05) is 7.11 Å². The van der Waals surface area contributed by atoms with Gasteiger partial charge in [0.05, 0.1) is 12.7 Å². The van der Waals surface area contributed by atoms with Gasteiger partial charge in [0, 0.05) is 15.4 Å². The third-order valence-electron chi connectivity index (χ3n) is 2.84. The summed E-state index contributed by atoms with van der Waals surface area (Å²) >= 11 is 9.34. The van der Waals surface area contributed by atoms with E-state index < -0.39 is 0 Å². The van der Waals surface area contributed by atoms with Gasteiger partial charge < -0.3 is 10.1 Å². The second-order valence-electron chi connectivity index (χ2n) is 4.64. The van der Waals surface area contributed by atoms with Crippen LogP contribution in [-0.2, 0) is 0 Å². The van der Waals surface area contributed by atoms with E-state index in [-0.39, 0.29) is 16.3 Å². The highest BCUT2D eigenvalue weighted by Crippen LogP contribution is 2.24. The standard InChI is InChI=1S/C13H17BrClNO2/c1-8(14)13(2,3)16-12(17)10-6-5-9(15)7-11(10)18-4/h5-8H,1-4H3,(H,16,17). The first-order chi connectivity index (χ1) is 8.27. The monoisotopic (exact) mass is 333 g/mol. The summed E-state index contributed by atoms with van der Waals surface area (Å²) in [4.78, 5) is 12.3. The van der Waals surface area contributed by atoms with Crippen LogP contribution in [0.3, 0.4) is 0 Å². The zero-order valence-electron chi connectivity index (χ0n) is 10.9. The Morgan fingerprint density at radius 2 is 2.11 bits per heavy atom. The van der Waals surface area contributed by atoms with Crippen molar-refractivity contribution in [3.05, 3.63) is 28.8 Å². The fourth-order valence-corrected chi connectivity index (χ4v) is 1.59. The Kier molecular flexibility index (Phi) is 5.05. The van der Waals surface area contributed by atoms with Crippen molar-refractivity contribution in [3.8, 4) is 5.75 Å². The van der Waals surface area contributed by atoms with Crippen LogP contribution in [0.25, 0.3) is 0 Å². The van der Waals surface area contributed by atoms with E-state index >= 15 is 0 Å². The highest BCUT2D eigenvalue weighted by molar-refractivity contribution is 9.09. The number of carbonyl (C=O) groups excluding carboxylic acids is 1. The molecule has 1 rings (SSSR count). The number of methoxy groups -OCH3 is 1. The van der Waals surface area contributed by atoms with Crippen molar-refractivity contribution >= 4 is 33.4 Å². The van der Waals surface area contributed by atoms with Crippen molar-refractivity contribution in [2.24, 2.45) is 0 Å². The first-order valence-corrected chi connectivity index (χ1v) is 6.87. The van der Waals surface area contributed by atoms with Gasteiger partial charge in [-0.1, -0.05) is 34.5 Å². The lowest BCUT2D eigenvalue weighted by Crippen LogP contribution is -2.48. The molecular formula is C13H17BrClNO2. The maximum Gasteiger partial charge on any atom is 0.255 e. The highest BCUT2D eigenvalue weighted by Gasteiger charge is 2.27. The van der Waals surface area contributed by atoms with Gasteiger partial charge in [-0.2, -0.15) is 0 Å². The van der Waals surface area contributed by atoms with E-state index in [0.717, 1.165) is 0 Å². The molecular weight excluding hydrogens is 318 g/mol. The molecule has 0 aromatic heterocycles. The van der Waals surface area contributed by atoms with E-state index in [2.05, 4.69) is 21.2 Å². The van der Waals surface area contributed by atoms with E-state index in [0.29, 0.717) is 16.3 Å². The van der Waals surface area contributed by atoms with Crippen molar-refractivity contribution in [3.63, 3.8) is 0 Å². The molecule has 1 amide bonds. The fraction of sp³-hybridized carbons (Fsp3) is 0.462. The molecule has 1 atom stereocenters. The molecule has 0 saturated carbocycles. The zero-order chi connectivity index (χ0) is 13.9. The fourth-order valence-electron chi connectivity index (χ4n) is 1.31. The molecule has 18 heavy (non-hydrogen) atoms. The molecule has 0 radical (unpaired) electrons. The molecule has 3 nitrogen and oxygen atoms in total. The van der Waals surface area contributed by atoms with Gasteiger partial charge in [0.15, 0.2) is 0 Å². The summed E-state index contributed by atoms with van der Waals surface area (Å²) in [5, 5.41) is 3.50. The predicted octanol–water partition coefficient (Wildman–Crippen LogP) is 3.64. The van der Waals surface area contributed by atoms with Gasteiger partial charge in [0.2, 0.25) is 0 Å². The molecule has 0 aliphatic rings. The first kappa shape index (κ1) is 15.3. The molecule has 1 unspecified atom stereocenters. The van der Waals surface area contributed by atoms with E-state index in [4.69, 9.17) is 16.3 Å². The van der Waals surface area contributed by atoms with Crippen LogP contribution < -0.4 is 10.1 Å². The minimum atomic E-state index is -0.359. The van der Waals surface area contributed by atoms with Crippen molar-refractivity contribution < 1.29 is 9.53 Å². The Labute approximate surface area is 121 Å². The number of ether oxygens (including phenoxy) is 1. The molecule has 100 valence electrons. The smallest absolute Gasteiger partial charge is 0.255 e. The summed E-state index contributed by atoms with van der Waals surface area (Å²) in [6.07, 6.45) is 0. The predicted molar refractivity (Wildman–Crippen MR) is 77.9 cm³/mol. The molecule has 1 N–H and O–H groups in total. The van der Waals surface area contributed by atoms with E-state index in [1.165, 1.54) is 7.11 Å². The number of carbonyl (C=O) groups is 1. The number of halogens is 2. The number of hydrogen-bond donors (Lipinski definition) is 1. The maximum atomic E-state index is 12.2. The van der Waals surface area contributed by atoms with Gasteiger partial charge in [-0.3, -0.25) is 4.79 Å². The third-order valence-corrected chi connectivity index (χ3v) is 4.22. The maximum absolute atomic E-state index is 12.2. The Bertz CT molecular complexity index is 447. The van der Waals surface area contributed by atoms with Gasteiger partial charge in [-0.25, -0.2) is 0 Å². The molecule has 0 heterocycles. The van der Waals surface area contributed by atoms with Gasteiger partial charge in [0.1, 0.15) is 5.75 Å². The minimum Gasteiger partial charge on any atom is -0.496 e. The van der Waals surface area contributed by atoms with Crippen molar-refractivity contribution in [1.29, 1.82) is 0 Å². The summed E-state index contributed by atoms with van der Waals surface area (Å²) in [6, 6.07) is 4.95. The van der Waals surface area contributed by atoms with Crippen LogP contribution in [0.15, 0.2) is 18.2 Å². The lowest BCUT2D eigenvalue weighted by Gasteiger charge is -2.29. The number of alkyl halides is 1. The van der Waals surface area contributed by atoms with Crippen LogP contribution in [0.5, 0.6) is 5.75 Å². The van der Waals surface area contributed by atoms with Crippen molar-refractivity contribution in [2.45, 2.75) is 31.1 Å². The molecule has 0 saturated heterocycles. The quantitative estimate of drug-likeness (QED) is 0.854. The summed E-state index contributed by atoms with van der Waals surface area (Å²) < 4.78 is 5.17. The molecule has 0 fully saturated rings. The Morgan fingerprint density at radius 3 is 2.61 bits per heavy atom. The molecule has 0 spiro atoms. The Balaban J connectivity index is 2.98. The molecule has 1 aromatic carbocycles. The lowest BCUT2D eigenvalue weighted by molar-refractivity contribution is 0.0911. The number of amides is 1. The van der Waals surface area contributed by atoms with Gasteiger partial charge in [-0.15, -0.1) is 0 Å². The molecule has 0 bridgehead atoms. The number of nitrogens with one attached hydrogen (secondary N) is 1. The number of rotatable bonds is 4. The normalized spacial score (nSPS) is 13.0. The topological polar surface area (TPSA) is 38.3 Å². The van der Waals surface area contributed by atoms with Crippen LogP contribution >= 0.6 is 27.5 Å². The van der Waals surface area contributed by atoms with Crippen LogP contribution in [0, 0.1) is 0 Å². The second kappa shape index (κ2) is 5.93. The van der Waals surface area contributed by atoms with Crippen molar-refractivity contribution in [1.82, 2.24) is 5.32 Å². The minimum absolute atomic E-state index is 0.146. The third kappa shape index (κ3) is 3.62. The average molecular weight is 335 g/mol. The lowest BCUT2D eigenvalue weighted by atomic mass is 10.0. The van der Waals surface area contributed by atoms with Crippen LogP contribution in [0.2, 0.25) is 5.02 Å². The van der Waals surface area contributed by atoms with Gasteiger partial charge >= 0.3 is 0 Å². The van der Waals surface area contributed by atoms with Crippen LogP contribution in [0.1, 0.15) is 31.1 Å². The SMILES string of the molecule is COc1cc(Cl)ccc1C(=O)NC(C)(C)C(C)Br. The largest absolute Gasteiger partial charge is 0.496 e. The molecule has 1 aromatic rings. The molecule has 5 heteroatoms. The summed E-state index contributed by atoms with van der Waals surface area (Å²) in [5.41, 5.74) is 0.116. The van der Waals surface area contributed by atoms with Gasteiger partial charge in [0.25, 0.3) is 5.91 Å². The van der Waals surface area contributed by atoms with E-state index in [9.17, 15) is 4.79 Å². The molecule has 0 aliphatic carbocycles. The number of hydrogen-bond acceptors (Lipinski definition) is 2. The average Bonchev–Trinajstić information content (AvgIpc) is 2.27. The highest BCUT2D eigenvalue weighted by atomic mass is 79.9. The van der Waals surface area contributed by atoms with E-state index in [1.54, 1.807) is 18.2 Å².